The number of carbonyl (C=O) groups is 2. The third-order valence-corrected chi connectivity index (χ3v) is 3.03. The maximum Gasteiger partial charge on any atom is 0.335 e. The van der Waals surface area contributed by atoms with Gasteiger partial charge in [0.1, 0.15) is 6.54 Å². The second-order valence-electron chi connectivity index (χ2n) is 4.21. The molecule has 6 nitrogen and oxygen atoms in total. The summed E-state index contributed by atoms with van der Waals surface area (Å²) in [5, 5.41) is 11.6. The van der Waals surface area contributed by atoms with Crippen molar-refractivity contribution in [2.75, 3.05) is 5.32 Å². The fourth-order valence-corrected chi connectivity index (χ4v) is 1.85. The number of rotatable bonds is 4. The number of aromatic carboxylic acids is 1. The second kappa shape index (κ2) is 6.23. The Labute approximate surface area is 124 Å². The van der Waals surface area contributed by atoms with Crippen LogP contribution in [0.2, 0.25) is 5.02 Å². The molecule has 0 bridgehead atoms. The molecule has 1 aromatic heterocycles. The van der Waals surface area contributed by atoms with Crippen LogP contribution >= 0.6 is 11.6 Å². The zero-order valence-electron chi connectivity index (χ0n) is 10.7. The predicted molar refractivity (Wildman–Crippen MR) is 77.7 cm³/mol. The van der Waals surface area contributed by atoms with Crippen LogP contribution in [-0.4, -0.2) is 21.6 Å². The van der Waals surface area contributed by atoms with Gasteiger partial charge in [0.2, 0.25) is 5.91 Å². The van der Waals surface area contributed by atoms with Crippen LogP contribution in [0.25, 0.3) is 0 Å². The molecular weight excluding hydrogens is 296 g/mol. The van der Waals surface area contributed by atoms with Gasteiger partial charge in [-0.1, -0.05) is 17.7 Å². The number of aromatic nitrogens is 1. The van der Waals surface area contributed by atoms with E-state index in [1.54, 1.807) is 12.1 Å². The molecule has 1 aromatic carbocycles. The third kappa shape index (κ3) is 3.70. The van der Waals surface area contributed by atoms with Crippen LogP contribution < -0.4 is 10.9 Å². The number of anilines is 1. The second-order valence-corrected chi connectivity index (χ2v) is 4.62. The monoisotopic (exact) mass is 306 g/mol. The quantitative estimate of drug-likeness (QED) is 0.902. The van der Waals surface area contributed by atoms with Crippen LogP contribution in [0.5, 0.6) is 0 Å². The van der Waals surface area contributed by atoms with Gasteiger partial charge in [-0.2, -0.15) is 0 Å². The maximum atomic E-state index is 11.9. The molecule has 0 fully saturated rings. The van der Waals surface area contributed by atoms with E-state index >= 15 is 0 Å². The van der Waals surface area contributed by atoms with Crippen LogP contribution in [0.1, 0.15) is 10.4 Å². The van der Waals surface area contributed by atoms with E-state index < -0.39 is 11.9 Å². The van der Waals surface area contributed by atoms with E-state index in [9.17, 15) is 14.4 Å². The number of hydrogen-bond donors (Lipinski definition) is 2. The summed E-state index contributed by atoms with van der Waals surface area (Å²) in [5.41, 5.74) is -0.116. The number of carbonyl (C=O) groups excluding carboxylic acids is 1. The summed E-state index contributed by atoms with van der Waals surface area (Å²) in [5.74, 6) is -1.60. The molecule has 7 heteroatoms. The number of hydrogen-bond acceptors (Lipinski definition) is 3. The van der Waals surface area contributed by atoms with Crippen molar-refractivity contribution in [2.45, 2.75) is 6.54 Å². The summed E-state index contributed by atoms with van der Waals surface area (Å²) >= 11 is 5.90. The first-order valence-corrected chi connectivity index (χ1v) is 6.33. The molecule has 0 saturated carbocycles. The minimum Gasteiger partial charge on any atom is -0.478 e. The highest BCUT2D eigenvalue weighted by atomic mass is 35.5. The van der Waals surface area contributed by atoms with Crippen LogP contribution in [0.15, 0.2) is 47.4 Å². The fourth-order valence-electron chi connectivity index (χ4n) is 1.69. The SMILES string of the molecule is O=C(Cn1ccccc1=O)Nc1cc(C(=O)O)ccc1Cl. The van der Waals surface area contributed by atoms with E-state index in [0.29, 0.717) is 0 Å². The molecule has 1 amide bonds. The van der Waals surface area contributed by atoms with Gasteiger partial charge in [-0.25, -0.2) is 4.79 Å². The topological polar surface area (TPSA) is 88.4 Å². The first-order valence-electron chi connectivity index (χ1n) is 5.95. The molecule has 2 aromatic rings. The molecule has 21 heavy (non-hydrogen) atoms. The van der Waals surface area contributed by atoms with Gasteiger partial charge in [-0.3, -0.25) is 9.59 Å². The smallest absolute Gasteiger partial charge is 0.335 e. The number of benzene rings is 1. The van der Waals surface area contributed by atoms with Crippen molar-refractivity contribution >= 4 is 29.2 Å². The Kier molecular flexibility index (Phi) is 4.39. The minimum atomic E-state index is -1.12. The first kappa shape index (κ1) is 14.8. The zero-order valence-corrected chi connectivity index (χ0v) is 11.5. The summed E-state index contributed by atoms with van der Waals surface area (Å²) in [4.78, 5) is 34.3. The lowest BCUT2D eigenvalue weighted by atomic mass is 10.2. The molecule has 0 unspecified atom stereocenters. The van der Waals surface area contributed by atoms with Gasteiger partial charge in [0.25, 0.3) is 5.56 Å². The molecule has 2 N–H and O–H groups in total. The summed E-state index contributed by atoms with van der Waals surface area (Å²) in [6, 6.07) is 8.52. The summed E-state index contributed by atoms with van der Waals surface area (Å²) in [7, 11) is 0. The van der Waals surface area contributed by atoms with Crippen molar-refractivity contribution < 1.29 is 14.7 Å². The van der Waals surface area contributed by atoms with Gasteiger partial charge in [-0.05, 0) is 24.3 Å². The van der Waals surface area contributed by atoms with Crippen molar-refractivity contribution in [3.63, 3.8) is 0 Å². The minimum absolute atomic E-state index is 0.00609. The average Bonchev–Trinajstić information content (AvgIpc) is 2.43. The fraction of sp³-hybridized carbons (Fsp3) is 0.0714. The molecular formula is C14H11ClN2O4. The van der Waals surface area contributed by atoms with E-state index in [4.69, 9.17) is 16.7 Å². The average molecular weight is 307 g/mol. The van der Waals surface area contributed by atoms with Crippen LogP contribution in [-0.2, 0) is 11.3 Å². The van der Waals surface area contributed by atoms with E-state index in [2.05, 4.69) is 5.32 Å². The van der Waals surface area contributed by atoms with E-state index in [1.807, 2.05) is 0 Å². The van der Waals surface area contributed by atoms with Crippen molar-refractivity contribution in [3.05, 3.63) is 63.5 Å². The lowest BCUT2D eigenvalue weighted by Gasteiger charge is -2.09. The number of nitrogens with zero attached hydrogens (tertiary/aromatic N) is 1. The van der Waals surface area contributed by atoms with Crippen molar-refractivity contribution in [1.29, 1.82) is 0 Å². The Morgan fingerprint density at radius 2 is 2.00 bits per heavy atom. The molecule has 0 aliphatic rings. The van der Waals surface area contributed by atoms with Crippen molar-refractivity contribution in [1.82, 2.24) is 4.57 Å². The van der Waals surface area contributed by atoms with Crippen molar-refractivity contribution in [2.24, 2.45) is 0 Å². The number of halogens is 1. The first-order chi connectivity index (χ1) is 9.97. The molecule has 0 radical (unpaired) electrons. The van der Waals surface area contributed by atoms with E-state index in [-0.39, 0.29) is 28.4 Å². The number of carboxylic acids is 1. The largest absolute Gasteiger partial charge is 0.478 e. The predicted octanol–water partition coefficient (Wildman–Crippen LogP) is 1.84. The highest BCUT2D eigenvalue weighted by Crippen LogP contribution is 2.23. The highest BCUT2D eigenvalue weighted by molar-refractivity contribution is 6.33. The van der Waals surface area contributed by atoms with Gasteiger partial charge in [-0.15, -0.1) is 0 Å². The molecule has 0 saturated heterocycles. The lowest BCUT2D eigenvalue weighted by molar-refractivity contribution is -0.116. The van der Waals surface area contributed by atoms with Gasteiger partial charge < -0.3 is 15.0 Å². The zero-order chi connectivity index (χ0) is 15.4. The van der Waals surface area contributed by atoms with Crippen LogP contribution in [0.3, 0.4) is 0 Å². The van der Waals surface area contributed by atoms with Gasteiger partial charge >= 0.3 is 5.97 Å². The van der Waals surface area contributed by atoms with Gasteiger partial charge in [0.15, 0.2) is 0 Å². The molecule has 1 heterocycles. The molecule has 0 spiro atoms. The molecule has 2 rings (SSSR count). The Bertz CT molecular complexity index is 755. The molecule has 108 valence electrons. The normalized spacial score (nSPS) is 10.1. The molecule has 0 atom stereocenters. The Morgan fingerprint density at radius 1 is 1.24 bits per heavy atom. The maximum absolute atomic E-state index is 11.9. The number of amides is 1. The summed E-state index contributed by atoms with van der Waals surface area (Å²) < 4.78 is 1.23. The van der Waals surface area contributed by atoms with Gasteiger partial charge in [0.05, 0.1) is 16.3 Å². The Balaban J connectivity index is 2.16. The van der Waals surface area contributed by atoms with Crippen LogP contribution in [0, 0.1) is 0 Å². The summed E-state index contributed by atoms with van der Waals surface area (Å²) in [6.45, 7) is -0.187. The van der Waals surface area contributed by atoms with E-state index in [1.165, 1.54) is 35.0 Å². The lowest BCUT2D eigenvalue weighted by Crippen LogP contribution is -2.26. The number of nitrogens with one attached hydrogen (secondary N) is 1. The number of pyridine rings is 1. The standard InChI is InChI=1S/C14H11ClN2O4/c15-10-5-4-9(14(20)21)7-11(10)16-12(18)8-17-6-2-1-3-13(17)19/h1-7H,8H2,(H,16,18)(H,20,21). The third-order valence-electron chi connectivity index (χ3n) is 2.70. The number of carboxylic acid groups (broad SMARTS) is 1. The van der Waals surface area contributed by atoms with Gasteiger partial charge in [0, 0.05) is 12.3 Å². The van der Waals surface area contributed by atoms with Crippen LogP contribution in [0.4, 0.5) is 5.69 Å². The Hall–Kier alpha value is -2.60. The summed E-state index contributed by atoms with van der Waals surface area (Å²) in [6.07, 6.45) is 1.48. The Morgan fingerprint density at radius 3 is 2.67 bits per heavy atom. The molecule has 0 aliphatic heterocycles. The van der Waals surface area contributed by atoms with E-state index in [0.717, 1.165) is 0 Å². The highest BCUT2D eigenvalue weighted by Gasteiger charge is 2.10. The van der Waals surface area contributed by atoms with Crippen molar-refractivity contribution in [3.8, 4) is 0 Å². The molecule has 0 aliphatic carbocycles.